The van der Waals surface area contributed by atoms with E-state index in [0.29, 0.717) is 0 Å². The van der Waals surface area contributed by atoms with Gasteiger partial charge in [0.2, 0.25) is 0 Å². The molecule has 0 aromatic heterocycles. The zero-order chi connectivity index (χ0) is 15.4. The molecule has 2 saturated heterocycles. The molecule has 2 rings (SSSR count). The molecule has 0 saturated carbocycles. The number of aliphatic hydroxyl groups excluding tert-OH is 8. The first-order valence-electron chi connectivity index (χ1n) is 5.93. The molecule has 0 aromatic carbocycles. The van der Waals surface area contributed by atoms with Crippen molar-refractivity contribution in [2.24, 2.45) is 0 Å². The van der Waals surface area contributed by atoms with Crippen LogP contribution >= 0.6 is 0 Å². The summed E-state index contributed by atoms with van der Waals surface area (Å²) in [5.41, 5.74) is 0. The van der Waals surface area contributed by atoms with E-state index in [0.717, 1.165) is 0 Å². The largest absolute Gasteiger partial charge is 0.388 e. The molecule has 2 fully saturated rings. The zero-order valence-electron chi connectivity index (χ0n) is 10.4. The van der Waals surface area contributed by atoms with Crippen molar-refractivity contribution in [3.63, 3.8) is 0 Å². The molecule has 120 valence electrons. The van der Waals surface area contributed by atoms with Gasteiger partial charge in [-0.1, -0.05) is 0 Å². The van der Waals surface area contributed by atoms with Gasteiger partial charge in [0.25, 0.3) is 0 Å². The van der Waals surface area contributed by atoms with Gasteiger partial charge in [-0.05, 0) is 0 Å². The van der Waals surface area contributed by atoms with Crippen molar-refractivity contribution < 1.29 is 50.3 Å². The number of hydrogen-bond acceptors (Lipinski definition) is 10. The molecule has 8 N–H and O–H groups in total. The minimum absolute atomic E-state index is 0.153. The van der Waals surface area contributed by atoms with E-state index in [2.05, 4.69) is 9.47 Å². The van der Waals surface area contributed by atoms with Gasteiger partial charge in [0.05, 0.1) is 13.2 Å². The lowest BCUT2D eigenvalue weighted by molar-refractivity contribution is -0.252. The maximum Gasteiger partial charge on any atom is 0.183 e. The maximum absolute atomic E-state index is 8.88. The Bertz CT molecular complexity index is 233. The molecule has 0 amide bonds. The van der Waals surface area contributed by atoms with E-state index in [1.165, 1.54) is 0 Å². The summed E-state index contributed by atoms with van der Waals surface area (Å²) >= 11 is 0. The van der Waals surface area contributed by atoms with Crippen LogP contribution in [0.25, 0.3) is 0 Å². The molecular formula is C10H20O10. The Morgan fingerprint density at radius 1 is 0.500 bits per heavy atom. The molecule has 0 spiro atoms. The van der Waals surface area contributed by atoms with E-state index in [4.69, 9.17) is 40.9 Å². The summed E-state index contributed by atoms with van der Waals surface area (Å²) < 4.78 is 8.94. The van der Waals surface area contributed by atoms with Gasteiger partial charge in [-0.25, -0.2) is 0 Å². The normalized spacial score (nSPS) is 49.2. The van der Waals surface area contributed by atoms with Crippen LogP contribution in [-0.2, 0) is 9.47 Å². The van der Waals surface area contributed by atoms with E-state index < -0.39 is 49.2 Å². The highest BCUT2D eigenvalue weighted by Crippen LogP contribution is 2.13. The van der Waals surface area contributed by atoms with Gasteiger partial charge in [-0.15, -0.1) is 0 Å². The minimum atomic E-state index is -1.41. The second kappa shape index (κ2) is 7.56. The van der Waals surface area contributed by atoms with Gasteiger partial charge in [0.15, 0.2) is 12.6 Å². The van der Waals surface area contributed by atoms with Gasteiger partial charge in [0, 0.05) is 0 Å². The fourth-order valence-electron chi connectivity index (χ4n) is 1.58. The predicted octanol–water partition coefficient (Wildman–Crippen LogP) is -5.16. The third-order valence-corrected chi connectivity index (χ3v) is 2.95. The average Bonchev–Trinajstić information content (AvgIpc) is 2.43. The maximum atomic E-state index is 8.88. The molecule has 10 heteroatoms. The first-order chi connectivity index (χ1) is 9.25. The number of ether oxygens (including phenoxy) is 2. The summed E-state index contributed by atoms with van der Waals surface area (Å²) in [5, 5.41) is 70.5. The summed E-state index contributed by atoms with van der Waals surface area (Å²) in [6.07, 6.45) is -10.5. The Morgan fingerprint density at radius 3 is 1.05 bits per heavy atom. The van der Waals surface area contributed by atoms with Crippen molar-refractivity contribution in [1.29, 1.82) is 0 Å². The first-order valence-corrected chi connectivity index (χ1v) is 5.93. The Balaban J connectivity index is 0.000000200. The highest BCUT2D eigenvalue weighted by atomic mass is 16.6. The smallest absolute Gasteiger partial charge is 0.183 e. The second-order valence-electron chi connectivity index (χ2n) is 4.54. The lowest BCUT2D eigenvalue weighted by Gasteiger charge is -2.31. The van der Waals surface area contributed by atoms with E-state index in [1.807, 2.05) is 0 Å². The molecule has 8 atom stereocenters. The van der Waals surface area contributed by atoms with Crippen LogP contribution in [0.2, 0.25) is 0 Å². The van der Waals surface area contributed by atoms with Crippen molar-refractivity contribution in [1.82, 2.24) is 0 Å². The third-order valence-electron chi connectivity index (χ3n) is 2.95. The van der Waals surface area contributed by atoms with Crippen LogP contribution in [0.3, 0.4) is 0 Å². The highest BCUT2D eigenvalue weighted by Gasteiger charge is 2.36. The van der Waals surface area contributed by atoms with Crippen molar-refractivity contribution in [3.05, 3.63) is 0 Å². The SMILES string of the molecule is OC1OC[C@@H](O)[C@H](O)[C@H]1O.OC1OC[C@H](O)[C@@H](O)[C@@H]1O. The van der Waals surface area contributed by atoms with Crippen molar-refractivity contribution in [3.8, 4) is 0 Å². The van der Waals surface area contributed by atoms with Gasteiger partial charge in [-0.2, -0.15) is 0 Å². The molecule has 2 aliphatic rings. The molecule has 0 bridgehead atoms. The van der Waals surface area contributed by atoms with Crippen molar-refractivity contribution in [2.75, 3.05) is 13.2 Å². The molecule has 10 nitrogen and oxygen atoms in total. The van der Waals surface area contributed by atoms with E-state index >= 15 is 0 Å². The van der Waals surface area contributed by atoms with Gasteiger partial charge in [-0.3, -0.25) is 0 Å². The summed E-state index contributed by atoms with van der Waals surface area (Å²) in [4.78, 5) is 0. The molecule has 2 unspecified atom stereocenters. The Labute approximate surface area is 114 Å². The summed E-state index contributed by atoms with van der Waals surface area (Å²) in [6.45, 7) is -0.307. The Kier molecular flexibility index (Phi) is 6.68. The second-order valence-corrected chi connectivity index (χ2v) is 4.54. The quantitative estimate of drug-likeness (QED) is 0.215. The van der Waals surface area contributed by atoms with Crippen LogP contribution in [0.4, 0.5) is 0 Å². The molecular weight excluding hydrogens is 280 g/mol. The zero-order valence-corrected chi connectivity index (χ0v) is 10.4. The van der Waals surface area contributed by atoms with E-state index in [-0.39, 0.29) is 13.2 Å². The Morgan fingerprint density at radius 2 is 0.800 bits per heavy atom. The van der Waals surface area contributed by atoms with Gasteiger partial charge in [0.1, 0.15) is 36.6 Å². The van der Waals surface area contributed by atoms with Gasteiger partial charge < -0.3 is 50.3 Å². The summed E-state index contributed by atoms with van der Waals surface area (Å²) in [7, 11) is 0. The summed E-state index contributed by atoms with van der Waals surface area (Å²) in [6, 6.07) is 0. The minimum Gasteiger partial charge on any atom is -0.388 e. The predicted molar refractivity (Wildman–Crippen MR) is 60.0 cm³/mol. The van der Waals surface area contributed by atoms with Gasteiger partial charge >= 0.3 is 0 Å². The van der Waals surface area contributed by atoms with E-state index in [9.17, 15) is 0 Å². The monoisotopic (exact) mass is 300 g/mol. The van der Waals surface area contributed by atoms with Crippen LogP contribution in [0.1, 0.15) is 0 Å². The summed E-state index contributed by atoms with van der Waals surface area (Å²) in [5.74, 6) is 0. The van der Waals surface area contributed by atoms with Crippen molar-refractivity contribution in [2.45, 2.75) is 49.2 Å². The lowest BCUT2D eigenvalue weighted by Crippen LogP contribution is -2.52. The molecule has 0 aliphatic carbocycles. The van der Waals surface area contributed by atoms with Crippen LogP contribution in [0.5, 0.6) is 0 Å². The van der Waals surface area contributed by atoms with Crippen LogP contribution < -0.4 is 0 Å². The topological polar surface area (TPSA) is 180 Å². The Hall–Kier alpha value is -0.400. The molecule has 2 heterocycles. The van der Waals surface area contributed by atoms with Crippen LogP contribution in [0.15, 0.2) is 0 Å². The van der Waals surface area contributed by atoms with Crippen LogP contribution in [0, 0.1) is 0 Å². The standard InChI is InChI=1S/2C5H10O5/c2*6-2-1-10-5(9)4(8)3(2)7/h2*2-9H,1H2/t2*2-,3+,4-,5?/m10/s1. The van der Waals surface area contributed by atoms with Crippen LogP contribution in [-0.4, -0.2) is 103 Å². The lowest BCUT2D eigenvalue weighted by atomic mass is 10.1. The fourth-order valence-corrected chi connectivity index (χ4v) is 1.58. The highest BCUT2D eigenvalue weighted by molar-refractivity contribution is 4.81. The average molecular weight is 300 g/mol. The fraction of sp³-hybridized carbons (Fsp3) is 1.00. The number of aliphatic hydroxyl groups is 8. The molecule has 0 radical (unpaired) electrons. The third kappa shape index (κ3) is 4.30. The van der Waals surface area contributed by atoms with E-state index in [1.54, 1.807) is 0 Å². The number of hydrogen-bond donors (Lipinski definition) is 8. The molecule has 2 aliphatic heterocycles. The van der Waals surface area contributed by atoms with Crippen molar-refractivity contribution >= 4 is 0 Å². The first kappa shape index (κ1) is 17.7. The number of rotatable bonds is 0. The molecule has 0 aromatic rings. The molecule has 20 heavy (non-hydrogen) atoms.